The molecule has 1 aromatic rings. The zero-order valence-corrected chi connectivity index (χ0v) is 9.66. The van der Waals surface area contributed by atoms with Gasteiger partial charge in [0.15, 0.2) is 0 Å². The van der Waals surface area contributed by atoms with E-state index in [4.69, 9.17) is 4.74 Å². The Bertz CT molecular complexity index is 312. The van der Waals surface area contributed by atoms with Crippen molar-refractivity contribution in [2.75, 3.05) is 20.7 Å². The molecule has 0 heterocycles. The van der Waals surface area contributed by atoms with Crippen LogP contribution >= 0.6 is 0 Å². The molecule has 1 N–H and O–H groups in total. The Labute approximate surface area is 91.3 Å². The molecule has 3 nitrogen and oxygen atoms in total. The quantitative estimate of drug-likeness (QED) is 0.807. The van der Waals surface area contributed by atoms with Crippen LogP contribution in [0.5, 0.6) is 11.5 Å². The topological polar surface area (TPSA) is 32.7 Å². The van der Waals surface area contributed by atoms with Crippen LogP contribution in [0.2, 0.25) is 0 Å². The van der Waals surface area contributed by atoms with Crippen LogP contribution in [0, 0.1) is 0 Å². The lowest BCUT2D eigenvalue weighted by Crippen LogP contribution is -2.18. The average Bonchev–Trinajstić information content (AvgIpc) is 2.21. The van der Waals surface area contributed by atoms with Gasteiger partial charge in [0.05, 0.1) is 7.11 Å². The summed E-state index contributed by atoms with van der Waals surface area (Å²) in [5, 5.41) is 9.73. The van der Waals surface area contributed by atoms with E-state index in [9.17, 15) is 5.11 Å². The van der Waals surface area contributed by atoms with E-state index in [1.807, 2.05) is 19.2 Å². The van der Waals surface area contributed by atoms with Crippen molar-refractivity contribution < 1.29 is 9.84 Å². The summed E-state index contributed by atoms with van der Waals surface area (Å²) < 4.78 is 5.03. The highest BCUT2D eigenvalue weighted by atomic mass is 16.5. The molecule has 0 atom stereocenters. The maximum atomic E-state index is 9.73. The Morgan fingerprint density at radius 2 is 2.13 bits per heavy atom. The maximum Gasteiger partial charge on any atom is 0.123 e. The number of phenolic OH excluding ortho intramolecular Hbond substituents is 1. The highest BCUT2D eigenvalue weighted by Crippen LogP contribution is 2.24. The minimum absolute atomic E-state index is 0.303. The highest BCUT2D eigenvalue weighted by Gasteiger charge is 2.05. The molecule has 84 valence electrons. The number of rotatable bonds is 5. The van der Waals surface area contributed by atoms with Gasteiger partial charge in [-0.2, -0.15) is 0 Å². The van der Waals surface area contributed by atoms with E-state index in [1.165, 1.54) is 0 Å². The molecule has 0 saturated carbocycles. The zero-order valence-electron chi connectivity index (χ0n) is 9.66. The van der Waals surface area contributed by atoms with Gasteiger partial charge in [-0.05, 0) is 26.1 Å². The normalized spacial score (nSPS) is 10.7. The first kappa shape index (κ1) is 11.9. The Hall–Kier alpha value is -1.22. The number of methoxy groups -OCH3 is 1. The van der Waals surface area contributed by atoms with Crippen molar-refractivity contribution in [2.24, 2.45) is 0 Å². The maximum absolute atomic E-state index is 9.73. The fourth-order valence-electron chi connectivity index (χ4n) is 1.56. The van der Waals surface area contributed by atoms with Crippen molar-refractivity contribution in [1.29, 1.82) is 0 Å². The van der Waals surface area contributed by atoms with Gasteiger partial charge < -0.3 is 14.7 Å². The lowest BCUT2D eigenvalue weighted by atomic mass is 10.2. The zero-order chi connectivity index (χ0) is 11.3. The van der Waals surface area contributed by atoms with E-state index in [2.05, 4.69) is 11.8 Å². The van der Waals surface area contributed by atoms with Crippen LogP contribution < -0.4 is 4.74 Å². The van der Waals surface area contributed by atoms with Gasteiger partial charge >= 0.3 is 0 Å². The van der Waals surface area contributed by atoms with Gasteiger partial charge in [-0.25, -0.2) is 0 Å². The molecule has 0 radical (unpaired) electrons. The Morgan fingerprint density at radius 3 is 2.67 bits per heavy atom. The molecule has 0 unspecified atom stereocenters. The molecule has 0 bridgehead atoms. The minimum Gasteiger partial charge on any atom is -0.507 e. The second-order valence-electron chi connectivity index (χ2n) is 3.73. The fraction of sp³-hybridized carbons (Fsp3) is 0.500. The van der Waals surface area contributed by atoms with Crippen LogP contribution in [0.15, 0.2) is 18.2 Å². The van der Waals surface area contributed by atoms with Gasteiger partial charge in [-0.15, -0.1) is 0 Å². The van der Waals surface area contributed by atoms with Crippen LogP contribution in [0.3, 0.4) is 0 Å². The monoisotopic (exact) mass is 209 g/mol. The highest BCUT2D eigenvalue weighted by molar-refractivity contribution is 5.39. The molecule has 0 saturated heterocycles. The van der Waals surface area contributed by atoms with Crippen molar-refractivity contribution in [3.05, 3.63) is 23.8 Å². The van der Waals surface area contributed by atoms with E-state index >= 15 is 0 Å². The van der Waals surface area contributed by atoms with E-state index < -0.39 is 0 Å². The minimum atomic E-state index is 0.303. The molecule has 3 heteroatoms. The molecule has 0 fully saturated rings. The molecule has 0 aliphatic heterocycles. The van der Waals surface area contributed by atoms with Crippen molar-refractivity contribution in [3.63, 3.8) is 0 Å². The summed E-state index contributed by atoms with van der Waals surface area (Å²) in [5.41, 5.74) is 0.937. The molecular formula is C12H19NO2. The SMILES string of the molecule is CCCN(C)Cc1ccc(OC)cc1O. The summed E-state index contributed by atoms with van der Waals surface area (Å²) in [4.78, 5) is 2.18. The number of benzene rings is 1. The number of hydrogen-bond acceptors (Lipinski definition) is 3. The molecule has 0 amide bonds. The van der Waals surface area contributed by atoms with E-state index in [0.717, 1.165) is 25.1 Å². The molecular weight excluding hydrogens is 190 g/mol. The molecule has 0 aromatic heterocycles. The Balaban J connectivity index is 2.69. The Morgan fingerprint density at radius 1 is 1.40 bits per heavy atom. The number of phenols is 1. The molecule has 0 aliphatic carbocycles. The summed E-state index contributed by atoms with van der Waals surface area (Å²) in [5.74, 6) is 0.992. The Kier molecular flexibility index (Phi) is 4.43. The number of nitrogens with zero attached hydrogens (tertiary/aromatic N) is 1. The average molecular weight is 209 g/mol. The summed E-state index contributed by atoms with van der Waals surface area (Å²) >= 11 is 0. The fourth-order valence-corrected chi connectivity index (χ4v) is 1.56. The first-order chi connectivity index (χ1) is 7.17. The molecule has 1 aromatic carbocycles. The number of hydrogen-bond donors (Lipinski definition) is 1. The summed E-state index contributed by atoms with van der Waals surface area (Å²) in [6.07, 6.45) is 1.12. The first-order valence-electron chi connectivity index (χ1n) is 5.21. The number of aromatic hydroxyl groups is 1. The third-order valence-corrected chi connectivity index (χ3v) is 2.34. The summed E-state index contributed by atoms with van der Waals surface area (Å²) in [6.45, 7) is 3.94. The van der Waals surface area contributed by atoms with Crippen LogP contribution in [0.1, 0.15) is 18.9 Å². The van der Waals surface area contributed by atoms with Crippen molar-refractivity contribution in [2.45, 2.75) is 19.9 Å². The largest absolute Gasteiger partial charge is 0.507 e. The lowest BCUT2D eigenvalue weighted by Gasteiger charge is -2.16. The van der Waals surface area contributed by atoms with Gasteiger partial charge in [0.2, 0.25) is 0 Å². The van der Waals surface area contributed by atoms with Crippen molar-refractivity contribution in [3.8, 4) is 11.5 Å². The lowest BCUT2D eigenvalue weighted by molar-refractivity contribution is 0.320. The van der Waals surface area contributed by atoms with Crippen LogP contribution in [-0.2, 0) is 6.54 Å². The first-order valence-corrected chi connectivity index (χ1v) is 5.21. The summed E-state index contributed by atoms with van der Waals surface area (Å²) in [7, 11) is 3.64. The standard InChI is InChI=1S/C12H19NO2/c1-4-7-13(2)9-10-5-6-11(15-3)8-12(10)14/h5-6,8,14H,4,7,9H2,1-3H3. The molecule has 15 heavy (non-hydrogen) atoms. The van der Waals surface area contributed by atoms with Crippen molar-refractivity contribution in [1.82, 2.24) is 4.90 Å². The van der Waals surface area contributed by atoms with Crippen LogP contribution in [0.25, 0.3) is 0 Å². The predicted molar refractivity (Wildman–Crippen MR) is 61.3 cm³/mol. The molecule has 0 aliphatic rings. The summed E-state index contributed by atoms with van der Waals surface area (Å²) in [6, 6.07) is 5.42. The predicted octanol–water partition coefficient (Wildman–Crippen LogP) is 2.24. The van der Waals surface area contributed by atoms with E-state index in [-0.39, 0.29) is 0 Å². The van der Waals surface area contributed by atoms with Gasteiger partial charge in [0.1, 0.15) is 11.5 Å². The number of ether oxygens (including phenoxy) is 1. The van der Waals surface area contributed by atoms with Gasteiger partial charge in [0.25, 0.3) is 0 Å². The molecule has 0 spiro atoms. The smallest absolute Gasteiger partial charge is 0.123 e. The van der Waals surface area contributed by atoms with E-state index in [1.54, 1.807) is 13.2 Å². The van der Waals surface area contributed by atoms with Gasteiger partial charge in [-0.1, -0.05) is 13.0 Å². The molecule has 1 rings (SSSR count). The van der Waals surface area contributed by atoms with Crippen molar-refractivity contribution >= 4 is 0 Å². The van der Waals surface area contributed by atoms with Crippen LogP contribution in [-0.4, -0.2) is 30.7 Å². The van der Waals surface area contributed by atoms with E-state index in [0.29, 0.717) is 11.5 Å². The van der Waals surface area contributed by atoms with Gasteiger partial charge in [-0.3, -0.25) is 0 Å². The van der Waals surface area contributed by atoms with Gasteiger partial charge in [0, 0.05) is 18.2 Å². The third kappa shape index (κ3) is 3.44. The second kappa shape index (κ2) is 5.61. The third-order valence-electron chi connectivity index (χ3n) is 2.34. The second-order valence-corrected chi connectivity index (χ2v) is 3.73. The van der Waals surface area contributed by atoms with Crippen LogP contribution in [0.4, 0.5) is 0 Å².